The Bertz CT molecular complexity index is 344. The largest absolute Gasteiger partial charge is 0.378 e. The molecule has 0 spiro atoms. The number of nitrogens with one attached hydrogen (secondary N) is 1. The molecule has 1 aliphatic rings. The molecule has 1 aromatic heterocycles. The van der Waals surface area contributed by atoms with Gasteiger partial charge in [0, 0.05) is 25.2 Å². The molecule has 0 unspecified atom stereocenters. The summed E-state index contributed by atoms with van der Waals surface area (Å²) < 4.78 is 5.29. The van der Waals surface area contributed by atoms with Crippen LogP contribution in [0.4, 0.5) is 0 Å². The number of hydrogen-bond acceptors (Lipinski definition) is 3. The summed E-state index contributed by atoms with van der Waals surface area (Å²) >= 11 is 5.40. The van der Waals surface area contributed by atoms with Crippen molar-refractivity contribution in [1.29, 1.82) is 0 Å². The maximum Gasteiger partial charge on any atom is 0.0925 e. The lowest BCUT2D eigenvalue weighted by molar-refractivity contribution is 0.0684. The molecular weight excluding hydrogens is 210 g/mol. The second-order valence-electron chi connectivity index (χ2n) is 3.64. The average molecular weight is 225 g/mol. The van der Waals surface area contributed by atoms with Crippen molar-refractivity contribution in [3.63, 3.8) is 0 Å². The van der Waals surface area contributed by atoms with E-state index in [2.05, 4.69) is 14.9 Å². The number of aryl methyl sites for hydroxylation is 1. The van der Waals surface area contributed by atoms with Gasteiger partial charge in [0.2, 0.25) is 0 Å². The third kappa shape index (κ3) is 2.54. The van der Waals surface area contributed by atoms with Crippen LogP contribution in [0.25, 0.3) is 0 Å². The average Bonchev–Trinajstić information content (AvgIpc) is 2.66. The third-order valence-corrected chi connectivity index (χ3v) is 3.02. The molecule has 15 heavy (non-hydrogen) atoms. The maximum atomic E-state index is 5.40. The van der Waals surface area contributed by atoms with Gasteiger partial charge in [-0.25, -0.2) is 4.98 Å². The summed E-state index contributed by atoms with van der Waals surface area (Å²) in [5.74, 6) is 0. The number of hydrogen-bond donors (Lipinski definition) is 1. The van der Waals surface area contributed by atoms with E-state index in [4.69, 9.17) is 17.0 Å². The van der Waals surface area contributed by atoms with Crippen molar-refractivity contribution in [3.8, 4) is 0 Å². The summed E-state index contributed by atoms with van der Waals surface area (Å²) in [5, 5.41) is 0. The summed E-state index contributed by atoms with van der Waals surface area (Å²) in [6, 6.07) is 0. The quantitative estimate of drug-likeness (QED) is 0.760. The molecule has 0 amide bonds. The van der Waals surface area contributed by atoms with Crippen LogP contribution in [0.3, 0.4) is 0 Å². The van der Waals surface area contributed by atoms with E-state index in [0.717, 1.165) is 49.1 Å². The number of H-pyrrole nitrogens is 1. The number of rotatable bonds is 2. The molecule has 0 aromatic carbocycles. The number of morpholine rings is 1. The Morgan fingerprint density at radius 1 is 1.60 bits per heavy atom. The summed E-state index contributed by atoms with van der Waals surface area (Å²) in [6.07, 6.45) is 2.47. The van der Waals surface area contributed by atoms with E-state index in [1.807, 2.05) is 6.92 Å². The lowest BCUT2D eigenvalue weighted by Gasteiger charge is -2.28. The zero-order chi connectivity index (χ0) is 10.7. The number of thiocarbonyl (C=S) groups is 1. The Labute approximate surface area is 94.6 Å². The van der Waals surface area contributed by atoms with Crippen LogP contribution in [-0.2, 0) is 11.2 Å². The van der Waals surface area contributed by atoms with Crippen molar-refractivity contribution in [3.05, 3.63) is 17.7 Å². The van der Waals surface area contributed by atoms with Crippen molar-refractivity contribution in [1.82, 2.24) is 14.9 Å². The Hall–Kier alpha value is -0.940. The zero-order valence-electron chi connectivity index (χ0n) is 8.82. The number of ether oxygens (including phenoxy) is 1. The molecule has 0 atom stereocenters. The van der Waals surface area contributed by atoms with E-state index in [1.165, 1.54) is 0 Å². The first-order chi connectivity index (χ1) is 7.27. The minimum Gasteiger partial charge on any atom is -0.378 e. The fraction of sp³-hybridized carbons (Fsp3) is 0.600. The standard InChI is InChI=1S/C10H15N3OS/c1-8-9(12-7-11-8)6-10(15)13-2-4-14-5-3-13/h7H,2-6H2,1H3,(H,11,12). The van der Waals surface area contributed by atoms with Gasteiger partial charge in [-0.05, 0) is 6.92 Å². The van der Waals surface area contributed by atoms with Gasteiger partial charge < -0.3 is 14.6 Å². The zero-order valence-corrected chi connectivity index (χ0v) is 9.64. The molecule has 0 saturated carbocycles. The minimum absolute atomic E-state index is 0.755. The van der Waals surface area contributed by atoms with E-state index in [1.54, 1.807) is 6.33 Å². The number of imidazole rings is 1. The van der Waals surface area contributed by atoms with E-state index >= 15 is 0 Å². The van der Waals surface area contributed by atoms with Crippen LogP contribution in [0.5, 0.6) is 0 Å². The first-order valence-corrected chi connectivity index (χ1v) is 5.52. The molecule has 82 valence electrons. The molecule has 2 rings (SSSR count). The fourth-order valence-electron chi connectivity index (χ4n) is 1.63. The van der Waals surface area contributed by atoms with Crippen LogP contribution < -0.4 is 0 Å². The predicted molar refractivity (Wildman–Crippen MR) is 62.0 cm³/mol. The lowest BCUT2D eigenvalue weighted by atomic mass is 10.2. The van der Waals surface area contributed by atoms with Gasteiger partial charge in [-0.2, -0.15) is 0 Å². The highest BCUT2D eigenvalue weighted by Crippen LogP contribution is 2.07. The summed E-state index contributed by atoms with van der Waals surface area (Å²) in [4.78, 5) is 10.5. The number of aromatic amines is 1. The van der Waals surface area contributed by atoms with Crippen molar-refractivity contribution in [2.75, 3.05) is 26.3 Å². The van der Waals surface area contributed by atoms with Crippen LogP contribution in [0, 0.1) is 6.92 Å². The highest BCUT2D eigenvalue weighted by Gasteiger charge is 2.15. The second-order valence-corrected chi connectivity index (χ2v) is 4.12. The second kappa shape index (κ2) is 4.72. The number of aromatic nitrogens is 2. The first-order valence-electron chi connectivity index (χ1n) is 5.12. The molecule has 1 saturated heterocycles. The number of nitrogens with zero attached hydrogens (tertiary/aromatic N) is 2. The highest BCUT2D eigenvalue weighted by molar-refractivity contribution is 7.80. The van der Waals surface area contributed by atoms with Crippen LogP contribution in [-0.4, -0.2) is 46.2 Å². The Morgan fingerprint density at radius 2 is 2.33 bits per heavy atom. The molecule has 1 fully saturated rings. The van der Waals surface area contributed by atoms with Crippen molar-refractivity contribution >= 4 is 17.2 Å². The smallest absolute Gasteiger partial charge is 0.0925 e. The maximum absolute atomic E-state index is 5.40. The SMILES string of the molecule is Cc1[nH]cnc1CC(=S)N1CCOCC1. The van der Waals surface area contributed by atoms with Crippen LogP contribution in [0.2, 0.25) is 0 Å². The molecular formula is C10H15N3OS. The van der Waals surface area contributed by atoms with Gasteiger partial charge in [0.1, 0.15) is 0 Å². The molecule has 0 bridgehead atoms. The van der Waals surface area contributed by atoms with Crippen LogP contribution >= 0.6 is 12.2 Å². The van der Waals surface area contributed by atoms with E-state index in [0.29, 0.717) is 0 Å². The third-order valence-electron chi connectivity index (χ3n) is 2.62. The van der Waals surface area contributed by atoms with Gasteiger partial charge in [-0.15, -0.1) is 0 Å². The van der Waals surface area contributed by atoms with Crippen molar-refractivity contribution in [2.45, 2.75) is 13.3 Å². The van der Waals surface area contributed by atoms with Gasteiger partial charge in [-0.3, -0.25) is 0 Å². The normalized spacial score (nSPS) is 16.7. The predicted octanol–water partition coefficient (Wildman–Crippen LogP) is 0.920. The molecule has 2 heterocycles. The van der Waals surface area contributed by atoms with Crippen LogP contribution in [0.1, 0.15) is 11.4 Å². The monoisotopic (exact) mass is 225 g/mol. The van der Waals surface area contributed by atoms with E-state index in [-0.39, 0.29) is 0 Å². The first kappa shape index (κ1) is 10.6. The molecule has 1 N–H and O–H groups in total. The van der Waals surface area contributed by atoms with Crippen molar-refractivity contribution < 1.29 is 4.74 Å². The van der Waals surface area contributed by atoms with E-state index < -0.39 is 0 Å². The molecule has 5 heteroatoms. The molecule has 0 radical (unpaired) electrons. The summed E-state index contributed by atoms with van der Waals surface area (Å²) in [5.41, 5.74) is 2.15. The Morgan fingerprint density at radius 3 is 2.93 bits per heavy atom. The van der Waals surface area contributed by atoms with Gasteiger partial charge in [-0.1, -0.05) is 12.2 Å². The molecule has 1 aliphatic heterocycles. The fourth-order valence-corrected chi connectivity index (χ4v) is 1.95. The molecule has 1 aromatic rings. The molecule has 0 aliphatic carbocycles. The van der Waals surface area contributed by atoms with Gasteiger partial charge in [0.05, 0.1) is 30.2 Å². The van der Waals surface area contributed by atoms with Crippen LogP contribution in [0.15, 0.2) is 6.33 Å². The Kier molecular flexibility index (Phi) is 3.33. The van der Waals surface area contributed by atoms with Gasteiger partial charge in [0.25, 0.3) is 0 Å². The lowest BCUT2D eigenvalue weighted by Crippen LogP contribution is -2.40. The molecule has 4 nitrogen and oxygen atoms in total. The summed E-state index contributed by atoms with van der Waals surface area (Å²) in [7, 11) is 0. The minimum atomic E-state index is 0.755. The van der Waals surface area contributed by atoms with E-state index in [9.17, 15) is 0 Å². The topological polar surface area (TPSA) is 41.2 Å². The van der Waals surface area contributed by atoms with Gasteiger partial charge in [0.15, 0.2) is 0 Å². The van der Waals surface area contributed by atoms with Crippen molar-refractivity contribution in [2.24, 2.45) is 0 Å². The Balaban J connectivity index is 1.94. The highest BCUT2D eigenvalue weighted by atomic mass is 32.1. The summed E-state index contributed by atoms with van der Waals surface area (Å²) in [6.45, 7) is 5.38. The van der Waals surface area contributed by atoms with Gasteiger partial charge >= 0.3 is 0 Å².